The van der Waals surface area contributed by atoms with E-state index in [1.165, 1.54) is 36.2 Å². The summed E-state index contributed by atoms with van der Waals surface area (Å²) in [7, 11) is 0. The average molecular weight is 218 g/mol. The largest absolute Gasteiger partial charge is 0.330 e. The van der Waals surface area contributed by atoms with Gasteiger partial charge in [-0.25, -0.2) is 0 Å². The van der Waals surface area contributed by atoms with Gasteiger partial charge in [-0.15, -0.1) is 0 Å². The van der Waals surface area contributed by atoms with Crippen molar-refractivity contribution in [3.8, 4) is 0 Å². The fourth-order valence-corrected chi connectivity index (χ4v) is 2.51. The lowest BCUT2D eigenvalue weighted by atomic mass is 10.1. The highest BCUT2D eigenvalue weighted by Crippen LogP contribution is 2.19. The summed E-state index contributed by atoms with van der Waals surface area (Å²) in [6.07, 6.45) is 1.27. The second kappa shape index (κ2) is 4.98. The molecular weight excluding hydrogens is 196 g/mol. The molecule has 1 atom stereocenters. The molecule has 1 heterocycles. The van der Waals surface area contributed by atoms with Gasteiger partial charge in [-0.3, -0.25) is 4.90 Å². The lowest BCUT2D eigenvalue weighted by molar-refractivity contribution is 0.317. The lowest BCUT2D eigenvalue weighted by Gasteiger charge is -2.17. The zero-order chi connectivity index (χ0) is 11.5. The van der Waals surface area contributed by atoms with Gasteiger partial charge < -0.3 is 5.73 Å². The maximum atomic E-state index is 5.71. The second-order valence-corrected chi connectivity index (χ2v) is 5.06. The van der Waals surface area contributed by atoms with Crippen LogP contribution in [-0.2, 0) is 6.54 Å². The van der Waals surface area contributed by atoms with E-state index in [1.807, 2.05) is 0 Å². The van der Waals surface area contributed by atoms with Crippen molar-refractivity contribution in [3.05, 3.63) is 34.9 Å². The minimum absolute atomic E-state index is 0.714. The zero-order valence-electron chi connectivity index (χ0n) is 10.4. The standard InChI is InChI=1S/C14H22N2/c1-11-3-4-14(12(2)7-11)10-16-6-5-13(8-15)9-16/h3-4,7,13H,5-6,8-10,15H2,1-2H3. The summed E-state index contributed by atoms with van der Waals surface area (Å²) >= 11 is 0. The first kappa shape index (κ1) is 11.6. The number of aryl methyl sites for hydroxylation is 2. The molecule has 0 spiro atoms. The maximum absolute atomic E-state index is 5.71. The number of hydrogen-bond acceptors (Lipinski definition) is 2. The molecule has 0 aliphatic carbocycles. The number of nitrogens with two attached hydrogens (primary N) is 1. The molecule has 0 radical (unpaired) electrons. The summed E-state index contributed by atoms with van der Waals surface area (Å²) in [6.45, 7) is 8.65. The molecule has 2 nitrogen and oxygen atoms in total. The summed E-state index contributed by atoms with van der Waals surface area (Å²) < 4.78 is 0. The number of rotatable bonds is 3. The molecule has 16 heavy (non-hydrogen) atoms. The van der Waals surface area contributed by atoms with Crippen molar-refractivity contribution in [2.75, 3.05) is 19.6 Å². The molecule has 1 fully saturated rings. The topological polar surface area (TPSA) is 29.3 Å². The van der Waals surface area contributed by atoms with Crippen molar-refractivity contribution >= 4 is 0 Å². The van der Waals surface area contributed by atoms with Gasteiger partial charge in [0.15, 0.2) is 0 Å². The van der Waals surface area contributed by atoms with E-state index >= 15 is 0 Å². The van der Waals surface area contributed by atoms with Crippen molar-refractivity contribution < 1.29 is 0 Å². The number of benzene rings is 1. The fraction of sp³-hybridized carbons (Fsp3) is 0.571. The van der Waals surface area contributed by atoms with Gasteiger partial charge in [-0.1, -0.05) is 23.8 Å². The molecule has 0 aromatic heterocycles. The maximum Gasteiger partial charge on any atom is 0.0236 e. The van der Waals surface area contributed by atoms with E-state index in [0.717, 1.165) is 13.1 Å². The molecule has 0 saturated carbocycles. The Bertz CT molecular complexity index is 360. The van der Waals surface area contributed by atoms with Crippen LogP contribution in [0.25, 0.3) is 0 Å². The van der Waals surface area contributed by atoms with Gasteiger partial charge in [0.2, 0.25) is 0 Å². The van der Waals surface area contributed by atoms with Crippen LogP contribution in [0.4, 0.5) is 0 Å². The molecule has 1 saturated heterocycles. The smallest absolute Gasteiger partial charge is 0.0236 e. The lowest BCUT2D eigenvalue weighted by Crippen LogP contribution is -2.23. The Morgan fingerprint density at radius 1 is 1.38 bits per heavy atom. The van der Waals surface area contributed by atoms with Crippen molar-refractivity contribution in [3.63, 3.8) is 0 Å². The molecule has 0 amide bonds. The van der Waals surface area contributed by atoms with E-state index in [1.54, 1.807) is 0 Å². The van der Waals surface area contributed by atoms with Crippen LogP contribution in [-0.4, -0.2) is 24.5 Å². The number of nitrogens with zero attached hydrogens (tertiary/aromatic N) is 1. The monoisotopic (exact) mass is 218 g/mol. The molecule has 2 heteroatoms. The van der Waals surface area contributed by atoms with Gasteiger partial charge in [-0.05, 0) is 50.4 Å². The third kappa shape index (κ3) is 2.63. The Labute approximate surface area is 98.4 Å². The van der Waals surface area contributed by atoms with Crippen molar-refractivity contribution in [2.45, 2.75) is 26.8 Å². The van der Waals surface area contributed by atoms with E-state index in [4.69, 9.17) is 5.73 Å². The van der Waals surface area contributed by atoms with Crippen LogP contribution in [0.15, 0.2) is 18.2 Å². The minimum atomic E-state index is 0.714. The summed E-state index contributed by atoms with van der Waals surface area (Å²) in [6, 6.07) is 6.74. The normalized spacial score (nSPS) is 21.6. The van der Waals surface area contributed by atoms with Crippen LogP contribution in [0, 0.1) is 19.8 Å². The van der Waals surface area contributed by atoms with Crippen LogP contribution in [0.3, 0.4) is 0 Å². The highest BCUT2D eigenvalue weighted by Gasteiger charge is 2.21. The molecule has 0 bridgehead atoms. The average Bonchev–Trinajstić information content (AvgIpc) is 2.70. The fourth-order valence-electron chi connectivity index (χ4n) is 2.51. The van der Waals surface area contributed by atoms with Gasteiger partial charge in [0.1, 0.15) is 0 Å². The summed E-state index contributed by atoms with van der Waals surface area (Å²) in [5.41, 5.74) is 9.94. The Balaban J connectivity index is 1.99. The zero-order valence-corrected chi connectivity index (χ0v) is 10.4. The van der Waals surface area contributed by atoms with Crippen molar-refractivity contribution in [1.29, 1.82) is 0 Å². The molecular formula is C14H22N2. The van der Waals surface area contributed by atoms with E-state index in [2.05, 4.69) is 36.9 Å². The minimum Gasteiger partial charge on any atom is -0.330 e. The number of hydrogen-bond donors (Lipinski definition) is 1. The van der Waals surface area contributed by atoms with Crippen molar-refractivity contribution in [1.82, 2.24) is 4.90 Å². The van der Waals surface area contributed by atoms with Crippen LogP contribution in [0.5, 0.6) is 0 Å². The first-order valence-electron chi connectivity index (χ1n) is 6.17. The van der Waals surface area contributed by atoms with Crippen molar-refractivity contribution in [2.24, 2.45) is 11.7 Å². The summed E-state index contributed by atoms with van der Waals surface area (Å²) in [4.78, 5) is 2.52. The molecule has 1 unspecified atom stereocenters. The van der Waals surface area contributed by atoms with Crippen LogP contribution < -0.4 is 5.73 Å². The quantitative estimate of drug-likeness (QED) is 0.841. The van der Waals surface area contributed by atoms with Crippen LogP contribution in [0.2, 0.25) is 0 Å². The Morgan fingerprint density at radius 3 is 2.81 bits per heavy atom. The molecule has 1 aromatic carbocycles. The van der Waals surface area contributed by atoms with E-state index in [-0.39, 0.29) is 0 Å². The van der Waals surface area contributed by atoms with Crippen LogP contribution >= 0.6 is 0 Å². The predicted molar refractivity (Wildman–Crippen MR) is 68.4 cm³/mol. The molecule has 2 N–H and O–H groups in total. The Morgan fingerprint density at radius 2 is 2.19 bits per heavy atom. The van der Waals surface area contributed by atoms with Gasteiger partial charge in [0.05, 0.1) is 0 Å². The summed E-state index contributed by atoms with van der Waals surface area (Å²) in [5.74, 6) is 0.714. The van der Waals surface area contributed by atoms with E-state index in [0.29, 0.717) is 5.92 Å². The molecule has 1 aliphatic heterocycles. The number of likely N-dealkylation sites (tertiary alicyclic amines) is 1. The van der Waals surface area contributed by atoms with Gasteiger partial charge >= 0.3 is 0 Å². The third-order valence-electron chi connectivity index (χ3n) is 3.60. The second-order valence-electron chi connectivity index (χ2n) is 5.06. The highest BCUT2D eigenvalue weighted by molar-refractivity contribution is 5.30. The third-order valence-corrected chi connectivity index (χ3v) is 3.60. The molecule has 1 aromatic rings. The predicted octanol–water partition coefficient (Wildman–Crippen LogP) is 2.08. The first-order valence-corrected chi connectivity index (χ1v) is 6.17. The Hall–Kier alpha value is -0.860. The van der Waals surface area contributed by atoms with Gasteiger partial charge in [-0.2, -0.15) is 0 Å². The highest BCUT2D eigenvalue weighted by atomic mass is 15.1. The molecule has 88 valence electrons. The van der Waals surface area contributed by atoms with Gasteiger partial charge in [0, 0.05) is 13.1 Å². The first-order chi connectivity index (χ1) is 7.69. The molecule has 2 rings (SSSR count). The molecule has 1 aliphatic rings. The SMILES string of the molecule is Cc1ccc(CN2CCC(CN)C2)c(C)c1. The van der Waals surface area contributed by atoms with Crippen LogP contribution in [0.1, 0.15) is 23.1 Å². The van der Waals surface area contributed by atoms with E-state index < -0.39 is 0 Å². The summed E-state index contributed by atoms with van der Waals surface area (Å²) in [5, 5.41) is 0. The van der Waals surface area contributed by atoms with Gasteiger partial charge in [0.25, 0.3) is 0 Å². The van der Waals surface area contributed by atoms with E-state index in [9.17, 15) is 0 Å². The Kier molecular flexibility index (Phi) is 3.62.